The topological polar surface area (TPSA) is 62.5 Å². The molecule has 0 unspecified atom stereocenters. The zero-order valence-corrected chi connectivity index (χ0v) is 11.0. The molecule has 0 spiro atoms. The minimum absolute atomic E-state index is 0.0495. The monoisotopic (exact) mass is 255 g/mol. The Balaban J connectivity index is 0.000000351. The first kappa shape index (κ1) is 16.5. The molecule has 0 aromatic carbocycles. The fraction of sp³-hybridized carbons (Fsp3) is 0.538. The molecule has 0 aliphatic heterocycles. The van der Waals surface area contributed by atoms with Gasteiger partial charge < -0.3 is 19.4 Å². The number of carbonyl (C=O) groups is 1. The average Bonchev–Trinajstić information content (AvgIpc) is 2.35. The van der Waals surface area contributed by atoms with E-state index >= 15 is 0 Å². The maximum absolute atomic E-state index is 9.87. The smallest absolute Gasteiger partial charge is 0.168 e. The van der Waals surface area contributed by atoms with E-state index in [4.69, 9.17) is 9.47 Å². The highest BCUT2D eigenvalue weighted by molar-refractivity contribution is 5.64. The van der Waals surface area contributed by atoms with Crippen molar-refractivity contribution in [3.05, 3.63) is 30.6 Å². The number of hydrogen-bond acceptors (Lipinski definition) is 4. The number of aromatic nitrogens is 1. The molecule has 1 aromatic heterocycles. The lowest BCUT2D eigenvalue weighted by Gasteiger charge is -2.04. The largest absolute Gasteiger partial charge is 0.550 e. The van der Waals surface area contributed by atoms with E-state index in [1.54, 1.807) is 0 Å². The van der Waals surface area contributed by atoms with Crippen LogP contribution >= 0.6 is 0 Å². The second-order valence-corrected chi connectivity index (χ2v) is 3.47. The van der Waals surface area contributed by atoms with E-state index in [1.165, 1.54) is 0 Å². The van der Waals surface area contributed by atoms with Gasteiger partial charge in [-0.25, -0.2) is 4.57 Å². The van der Waals surface area contributed by atoms with E-state index < -0.39 is 5.97 Å². The highest BCUT2D eigenvalue weighted by atomic mass is 16.5. The molecule has 0 fully saturated rings. The Morgan fingerprint density at radius 2 is 1.72 bits per heavy atom. The summed E-state index contributed by atoms with van der Waals surface area (Å²) in [6.45, 7) is 3.71. The number of aliphatic carboxylic acids is 1. The maximum Gasteiger partial charge on any atom is 0.168 e. The van der Waals surface area contributed by atoms with Crippen LogP contribution in [0.25, 0.3) is 0 Å². The van der Waals surface area contributed by atoms with Crippen LogP contribution in [0, 0.1) is 0 Å². The summed E-state index contributed by atoms with van der Waals surface area (Å²) in [5.74, 6) is -1.08. The van der Waals surface area contributed by atoms with Crippen LogP contribution < -0.4 is 9.67 Å². The Kier molecular flexibility index (Phi) is 11.0. The maximum atomic E-state index is 9.87. The van der Waals surface area contributed by atoms with E-state index in [1.807, 2.05) is 49.1 Å². The van der Waals surface area contributed by atoms with Crippen LogP contribution in [0.5, 0.6) is 0 Å². The molecule has 18 heavy (non-hydrogen) atoms. The van der Waals surface area contributed by atoms with Gasteiger partial charge >= 0.3 is 0 Å². The van der Waals surface area contributed by atoms with Crippen molar-refractivity contribution in [2.75, 3.05) is 26.4 Å². The van der Waals surface area contributed by atoms with Crippen LogP contribution in [-0.4, -0.2) is 32.4 Å². The highest BCUT2D eigenvalue weighted by Crippen LogP contribution is 1.81. The van der Waals surface area contributed by atoms with Gasteiger partial charge in [0.1, 0.15) is 7.05 Å². The minimum Gasteiger partial charge on any atom is -0.550 e. The Morgan fingerprint density at radius 3 is 2.17 bits per heavy atom. The van der Waals surface area contributed by atoms with Gasteiger partial charge in [-0.3, -0.25) is 0 Å². The molecule has 1 aromatic rings. The summed E-state index contributed by atoms with van der Waals surface area (Å²) in [4.78, 5) is 9.87. The SMILES string of the molecule is CCOCCOCCC(=O)[O-].C[n+]1ccccc1. The number of aryl methyl sites for hydroxylation is 1. The van der Waals surface area contributed by atoms with Crippen LogP contribution in [-0.2, 0) is 21.3 Å². The number of hydrogen-bond donors (Lipinski definition) is 0. The highest BCUT2D eigenvalue weighted by Gasteiger charge is 1.88. The molecule has 0 bridgehead atoms. The molecule has 5 nitrogen and oxygen atoms in total. The quantitative estimate of drug-likeness (QED) is 0.495. The van der Waals surface area contributed by atoms with Crippen LogP contribution in [0.15, 0.2) is 30.6 Å². The van der Waals surface area contributed by atoms with Gasteiger partial charge in [-0.2, -0.15) is 0 Å². The molecule has 0 radical (unpaired) electrons. The third kappa shape index (κ3) is 12.6. The van der Waals surface area contributed by atoms with E-state index in [-0.39, 0.29) is 13.0 Å². The van der Waals surface area contributed by atoms with Gasteiger partial charge in [0.05, 0.1) is 19.8 Å². The van der Waals surface area contributed by atoms with Gasteiger partial charge in [0.15, 0.2) is 12.4 Å². The predicted molar refractivity (Wildman–Crippen MR) is 64.6 cm³/mol. The molecule has 0 amide bonds. The summed E-state index contributed by atoms with van der Waals surface area (Å²) in [6, 6.07) is 6.00. The fourth-order valence-corrected chi connectivity index (χ4v) is 1.00. The Hall–Kier alpha value is -1.46. The molecular formula is C13H21NO4. The zero-order chi connectivity index (χ0) is 13.6. The van der Waals surface area contributed by atoms with Crippen molar-refractivity contribution < 1.29 is 23.9 Å². The van der Waals surface area contributed by atoms with Crippen LogP contribution in [0.1, 0.15) is 13.3 Å². The Labute approximate surface area is 108 Å². The lowest BCUT2D eigenvalue weighted by Crippen LogP contribution is -2.25. The first-order valence-corrected chi connectivity index (χ1v) is 5.92. The summed E-state index contributed by atoms with van der Waals surface area (Å²) in [7, 11) is 2.00. The average molecular weight is 255 g/mol. The van der Waals surface area contributed by atoms with Gasteiger partial charge in [-0.1, -0.05) is 6.07 Å². The van der Waals surface area contributed by atoms with Crippen molar-refractivity contribution in [2.45, 2.75) is 13.3 Å². The summed E-state index contributed by atoms with van der Waals surface area (Å²) in [6.07, 6.45) is 3.95. The molecule has 0 aliphatic carbocycles. The minimum atomic E-state index is -1.08. The number of rotatable bonds is 7. The number of ether oxygens (including phenoxy) is 2. The van der Waals surface area contributed by atoms with Gasteiger partial charge in [-0.05, 0) is 6.92 Å². The van der Waals surface area contributed by atoms with Crippen LogP contribution in [0.2, 0.25) is 0 Å². The van der Waals surface area contributed by atoms with Crippen molar-refractivity contribution in [1.29, 1.82) is 0 Å². The molecule has 1 heterocycles. The molecule has 102 valence electrons. The standard InChI is InChI=1S/C7H14O4.C6H8N/c1-2-10-5-6-11-4-3-7(8)9;1-7-5-3-2-4-6-7/h2-6H2,1H3,(H,8,9);2-6H,1H3/q;+1/p-1. The van der Waals surface area contributed by atoms with E-state index in [0.29, 0.717) is 19.8 Å². The number of carboxylic acid groups (broad SMARTS) is 1. The van der Waals surface area contributed by atoms with E-state index in [9.17, 15) is 9.90 Å². The van der Waals surface area contributed by atoms with Gasteiger partial charge in [0, 0.05) is 31.1 Å². The molecule has 0 saturated heterocycles. The molecule has 0 aliphatic rings. The first-order chi connectivity index (χ1) is 8.66. The molecule has 5 heteroatoms. The zero-order valence-electron chi connectivity index (χ0n) is 11.0. The normalized spacial score (nSPS) is 9.44. The summed E-state index contributed by atoms with van der Waals surface area (Å²) >= 11 is 0. The lowest BCUT2D eigenvalue weighted by molar-refractivity contribution is -0.671. The summed E-state index contributed by atoms with van der Waals surface area (Å²) in [5.41, 5.74) is 0. The Morgan fingerprint density at radius 1 is 1.11 bits per heavy atom. The molecule has 0 N–H and O–H groups in total. The number of carbonyl (C=O) groups excluding carboxylic acids is 1. The van der Waals surface area contributed by atoms with E-state index in [0.717, 1.165) is 0 Å². The van der Waals surface area contributed by atoms with Gasteiger partial charge in [0.2, 0.25) is 0 Å². The van der Waals surface area contributed by atoms with Crippen molar-refractivity contribution in [3.8, 4) is 0 Å². The second kappa shape index (κ2) is 12.0. The Bertz CT molecular complexity index is 303. The summed E-state index contributed by atoms with van der Waals surface area (Å²) in [5, 5.41) is 9.87. The number of carboxylic acids is 1. The van der Waals surface area contributed by atoms with Crippen molar-refractivity contribution in [2.24, 2.45) is 7.05 Å². The molecular weight excluding hydrogens is 234 g/mol. The lowest BCUT2D eigenvalue weighted by atomic mass is 10.5. The fourth-order valence-electron chi connectivity index (χ4n) is 1.00. The second-order valence-electron chi connectivity index (χ2n) is 3.47. The summed E-state index contributed by atoms with van der Waals surface area (Å²) < 4.78 is 11.9. The first-order valence-electron chi connectivity index (χ1n) is 5.92. The third-order valence-corrected chi connectivity index (χ3v) is 1.89. The van der Waals surface area contributed by atoms with Gasteiger partial charge in [0.25, 0.3) is 0 Å². The molecule has 1 rings (SSSR count). The molecule has 0 saturated carbocycles. The van der Waals surface area contributed by atoms with Crippen molar-refractivity contribution in [1.82, 2.24) is 0 Å². The van der Waals surface area contributed by atoms with Gasteiger partial charge in [-0.15, -0.1) is 0 Å². The van der Waals surface area contributed by atoms with Crippen molar-refractivity contribution >= 4 is 5.97 Å². The van der Waals surface area contributed by atoms with Crippen LogP contribution in [0.4, 0.5) is 0 Å². The molecule has 0 atom stereocenters. The number of pyridine rings is 1. The van der Waals surface area contributed by atoms with Crippen LogP contribution in [0.3, 0.4) is 0 Å². The predicted octanol–water partition coefficient (Wildman–Crippen LogP) is -0.309. The van der Waals surface area contributed by atoms with Crippen molar-refractivity contribution in [3.63, 3.8) is 0 Å². The third-order valence-electron chi connectivity index (χ3n) is 1.89. The number of nitrogens with zero attached hydrogens (tertiary/aromatic N) is 1. The van der Waals surface area contributed by atoms with E-state index in [2.05, 4.69) is 0 Å².